The normalized spacial score (nSPS) is 27.8. The molecule has 0 amide bonds. The molecule has 3 heteroatoms. The average Bonchev–Trinajstić information content (AvgIpc) is 2.64. The van der Waals surface area contributed by atoms with Crippen molar-refractivity contribution in [2.24, 2.45) is 13.0 Å². The minimum atomic E-state index is 0.634. The first-order chi connectivity index (χ1) is 6.25. The van der Waals surface area contributed by atoms with Gasteiger partial charge in [-0.3, -0.25) is 4.68 Å². The van der Waals surface area contributed by atoms with E-state index < -0.39 is 0 Å². The van der Waals surface area contributed by atoms with Crippen molar-refractivity contribution < 1.29 is 0 Å². The van der Waals surface area contributed by atoms with E-state index in [1.165, 1.54) is 19.3 Å². The van der Waals surface area contributed by atoms with Crippen molar-refractivity contribution in [1.29, 1.82) is 0 Å². The van der Waals surface area contributed by atoms with E-state index in [4.69, 9.17) is 0 Å². The Balaban J connectivity index is 1.97. The molecule has 0 unspecified atom stereocenters. The molecule has 1 saturated carbocycles. The number of nitrogens with zero attached hydrogens (tertiary/aromatic N) is 2. The minimum Gasteiger partial charge on any atom is -0.366 e. The van der Waals surface area contributed by atoms with Gasteiger partial charge in [0, 0.05) is 25.4 Å². The number of hydrogen-bond donors (Lipinski definition) is 1. The van der Waals surface area contributed by atoms with Gasteiger partial charge >= 0.3 is 0 Å². The van der Waals surface area contributed by atoms with Crippen molar-refractivity contribution in [3.63, 3.8) is 0 Å². The molecule has 0 aliphatic heterocycles. The van der Waals surface area contributed by atoms with Gasteiger partial charge in [-0.2, -0.15) is 5.10 Å². The third kappa shape index (κ3) is 1.85. The van der Waals surface area contributed by atoms with E-state index in [1.807, 2.05) is 24.0 Å². The van der Waals surface area contributed by atoms with Crippen LogP contribution in [0, 0.1) is 5.92 Å². The van der Waals surface area contributed by atoms with Crippen LogP contribution in [0.15, 0.2) is 12.3 Å². The standard InChI is InChI=1S/C10H17N3/c1-8-4-3-5-9(8)11-10-6-7-13(2)12-10/h6-9H,3-5H2,1-2H3,(H,11,12)/t8-,9-/m0/s1. The maximum Gasteiger partial charge on any atom is 0.148 e. The van der Waals surface area contributed by atoms with E-state index in [1.54, 1.807) is 0 Å². The summed E-state index contributed by atoms with van der Waals surface area (Å²) in [6.45, 7) is 2.31. The lowest BCUT2D eigenvalue weighted by Gasteiger charge is -2.16. The van der Waals surface area contributed by atoms with E-state index >= 15 is 0 Å². The van der Waals surface area contributed by atoms with Gasteiger partial charge in [0.15, 0.2) is 0 Å². The molecular weight excluding hydrogens is 162 g/mol. The summed E-state index contributed by atoms with van der Waals surface area (Å²) in [6.07, 6.45) is 5.97. The Labute approximate surface area is 79.1 Å². The van der Waals surface area contributed by atoms with Gasteiger partial charge in [0.1, 0.15) is 5.82 Å². The summed E-state index contributed by atoms with van der Waals surface area (Å²) in [5.74, 6) is 1.81. The summed E-state index contributed by atoms with van der Waals surface area (Å²) in [7, 11) is 1.95. The molecule has 1 heterocycles. The van der Waals surface area contributed by atoms with Crippen LogP contribution in [-0.4, -0.2) is 15.8 Å². The highest BCUT2D eigenvalue weighted by Gasteiger charge is 2.23. The fourth-order valence-electron chi connectivity index (χ4n) is 2.04. The van der Waals surface area contributed by atoms with E-state index in [-0.39, 0.29) is 0 Å². The third-order valence-corrected chi connectivity index (χ3v) is 2.91. The number of rotatable bonds is 2. The van der Waals surface area contributed by atoms with Gasteiger partial charge in [-0.05, 0) is 18.8 Å². The molecule has 0 radical (unpaired) electrons. The lowest BCUT2D eigenvalue weighted by atomic mass is 10.1. The first-order valence-electron chi connectivity index (χ1n) is 5.02. The Morgan fingerprint density at radius 1 is 1.54 bits per heavy atom. The second kappa shape index (κ2) is 3.40. The SMILES string of the molecule is C[C@H]1CCC[C@@H]1Nc1ccn(C)n1. The molecule has 3 nitrogen and oxygen atoms in total. The summed E-state index contributed by atoms with van der Waals surface area (Å²) in [5.41, 5.74) is 0. The minimum absolute atomic E-state index is 0.634. The maximum absolute atomic E-state index is 4.31. The van der Waals surface area contributed by atoms with Crippen molar-refractivity contribution in [2.75, 3.05) is 5.32 Å². The summed E-state index contributed by atoms with van der Waals surface area (Å²) in [4.78, 5) is 0. The fourth-order valence-corrected chi connectivity index (χ4v) is 2.04. The van der Waals surface area contributed by atoms with Crippen LogP contribution in [0.25, 0.3) is 0 Å². The topological polar surface area (TPSA) is 29.9 Å². The van der Waals surface area contributed by atoms with E-state index in [2.05, 4.69) is 17.3 Å². The molecular formula is C10H17N3. The van der Waals surface area contributed by atoms with Crippen molar-refractivity contribution in [3.8, 4) is 0 Å². The van der Waals surface area contributed by atoms with Crippen LogP contribution < -0.4 is 5.32 Å². The number of nitrogens with one attached hydrogen (secondary N) is 1. The van der Waals surface area contributed by atoms with Crippen LogP contribution in [0.3, 0.4) is 0 Å². The van der Waals surface area contributed by atoms with Gasteiger partial charge in [0.25, 0.3) is 0 Å². The smallest absolute Gasteiger partial charge is 0.148 e. The van der Waals surface area contributed by atoms with Crippen molar-refractivity contribution in [1.82, 2.24) is 9.78 Å². The molecule has 2 atom stereocenters. The van der Waals surface area contributed by atoms with Crippen molar-refractivity contribution in [2.45, 2.75) is 32.2 Å². The Morgan fingerprint density at radius 3 is 2.92 bits per heavy atom. The Bertz CT molecular complexity index is 279. The first-order valence-corrected chi connectivity index (χ1v) is 5.02. The maximum atomic E-state index is 4.31. The molecule has 13 heavy (non-hydrogen) atoms. The predicted octanol–water partition coefficient (Wildman–Crippen LogP) is 2.02. The molecule has 0 spiro atoms. The fraction of sp³-hybridized carbons (Fsp3) is 0.700. The van der Waals surface area contributed by atoms with E-state index in [0.717, 1.165) is 11.7 Å². The monoisotopic (exact) mass is 179 g/mol. The van der Waals surface area contributed by atoms with Gasteiger partial charge in [0.2, 0.25) is 0 Å². The highest BCUT2D eigenvalue weighted by Crippen LogP contribution is 2.27. The van der Waals surface area contributed by atoms with Crippen LogP contribution in [0.4, 0.5) is 5.82 Å². The van der Waals surface area contributed by atoms with Gasteiger partial charge in [-0.1, -0.05) is 13.3 Å². The largest absolute Gasteiger partial charge is 0.366 e. The number of aryl methyl sites for hydroxylation is 1. The molecule has 72 valence electrons. The second-order valence-corrected chi connectivity index (χ2v) is 4.03. The molecule has 1 aliphatic carbocycles. The number of aromatic nitrogens is 2. The molecule has 1 aliphatic rings. The molecule has 1 aromatic rings. The highest BCUT2D eigenvalue weighted by molar-refractivity contribution is 5.34. The van der Waals surface area contributed by atoms with E-state index in [9.17, 15) is 0 Å². The Kier molecular flexibility index (Phi) is 2.25. The summed E-state index contributed by atoms with van der Waals surface area (Å²) >= 11 is 0. The first kappa shape index (κ1) is 8.60. The predicted molar refractivity (Wildman–Crippen MR) is 53.6 cm³/mol. The zero-order valence-electron chi connectivity index (χ0n) is 8.33. The molecule has 1 aromatic heterocycles. The Morgan fingerprint density at radius 2 is 2.38 bits per heavy atom. The number of hydrogen-bond acceptors (Lipinski definition) is 2. The molecule has 1 fully saturated rings. The zero-order chi connectivity index (χ0) is 9.26. The van der Waals surface area contributed by atoms with Gasteiger partial charge in [0.05, 0.1) is 0 Å². The van der Waals surface area contributed by atoms with Crippen LogP contribution in [0.1, 0.15) is 26.2 Å². The van der Waals surface area contributed by atoms with Crippen molar-refractivity contribution in [3.05, 3.63) is 12.3 Å². The summed E-state index contributed by atoms with van der Waals surface area (Å²) < 4.78 is 1.84. The molecule has 1 N–H and O–H groups in total. The van der Waals surface area contributed by atoms with Crippen molar-refractivity contribution >= 4 is 5.82 Å². The van der Waals surface area contributed by atoms with Crippen LogP contribution >= 0.6 is 0 Å². The zero-order valence-corrected chi connectivity index (χ0v) is 8.33. The quantitative estimate of drug-likeness (QED) is 0.752. The third-order valence-electron chi connectivity index (χ3n) is 2.91. The lowest BCUT2D eigenvalue weighted by Crippen LogP contribution is -2.22. The highest BCUT2D eigenvalue weighted by atomic mass is 15.3. The van der Waals surface area contributed by atoms with Gasteiger partial charge in [-0.25, -0.2) is 0 Å². The summed E-state index contributed by atoms with van der Waals surface area (Å²) in [5, 5.41) is 7.79. The van der Waals surface area contributed by atoms with Gasteiger partial charge < -0.3 is 5.32 Å². The van der Waals surface area contributed by atoms with Crippen LogP contribution in [0.2, 0.25) is 0 Å². The average molecular weight is 179 g/mol. The Hall–Kier alpha value is -0.990. The molecule has 0 aromatic carbocycles. The van der Waals surface area contributed by atoms with Gasteiger partial charge in [-0.15, -0.1) is 0 Å². The number of anilines is 1. The second-order valence-electron chi connectivity index (χ2n) is 4.03. The summed E-state index contributed by atoms with van der Waals surface area (Å²) in [6, 6.07) is 2.67. The molecule has 2 rings (SSSR count). The van der Waals surface area contributed by atoms with Crippen LogP contribution in [0.5, 0.6) is 0 Å². The van der Waals surface area contributed by atoms with Crippen LogP contribution in [-0.2, 0) is 7.05 Å². The lowest BCUT2D eigenvalue weighted by molar-refractivity contribution is 0.553. The molecule has 0 saturated heterocycles. The molecule has 0 bridgehead atoms. The van der Waals surface area contributed by atoms with E-state index in [0.29, 0.717) is 6.04 Å².